The summed E-state index contributed by atoms with van der Waals surface area (Å²) in [4.78, 5) is 0. The van der Waals surface area contributed by atoms with Gasteiger partial charge in [-0.25, -0.2) is 4.68 Å². The van der Waals surface area contributed by atoms with Crippen LogP contribution < -0.4 is 5.32 Å². The molecule has 0 saturated carbocycles. The largest absolute Gasteiger partial charge is 0.383 e. The summed E-state index contributed by atoms with van der Waals surface area (Å²) in [6.45, 7) is 6.39. The van der Waals surface area contributed by atoms with Crippen molar-refractivity contribution in [3.8, 4) is 0 Å². The molecule has 92 valence electrons. The molecule has 1 rings (SSSR count). The molecule has 6 heteroatoms. The van der Waals surface area contributed by atoms with Gasteiger partial charge >= 0.3 is 0 Å². The molecule has 0 aliphatic carbocycles. The summed E-state index contributed by atoms with van der Waals surface area (Å²) < 4.78 is 12.0. The molecule has 6 nitrogen and oxygen atoms in total. The molecule has 0 aromatic carbocycles. The standard InChI is InChI=1S/C10H20N4O2/c1-3-16-7-5-14-9-10(12-13-14)8-11-4-6-15-2/h9,11H,3-8H2,1-2H3. The molecule has 0 aliphatic rings. The molecule has 1 aromatic rings. The predicted molar refractivity (Wildman–Crippen MR) is 60.1 cm³/mol. The minimum Gasteiger partial charge on any atom is -0.383 e. The number of rotatable bonds is 9. The number of ether oxygens (including phenoxy) is 2. The smallest absolute Gasteiger partial charge is 0.0964 e. The van der Waals surface area contributed by atoms with Crippen molar-refractivity contribution in [3.63, 3.8) is 0 Å². The van der Waals surface area contributed by atoms with Gasteiger partial charge in [-0.2, -0.15) is 0 Å². The van der Waals surface area contributed by atoms with E-state index in [4.69, 9.17) is 9.47 Å². The van der Waals surface area contributed by atoms with E-state index in [1.807, 2.05) is 13.1 Å². The molecule has 0 spiro atoms. The van der Waals surface area contributed by atoms with Gasteiger partial charge in [-0.05, 0) is 6.92 Å². The SMILES string of the molecule is CCOCCn1cc(CNCCOC)nn1. The minimum atomic E-state index is 0.677. The van der Waals surface area contributed by atoms with Crippen molar-refractivity contribution >= 4 is 0 Å². The fraction of sp³-hybridized carbons (Fsp3) is 0.800. The van der Waals surface area contributed by atoms with E-state index in [2.05, 4.69) is 15.6 Å². The summed E-state index contributed by atoms with van der Waals surface area (Å²) >= 11 is 0. The molecule has 0 fully saturated rings. The van der Waals surface area contributed by atoms with Crippen LogP contribution in [0.4, 0.5) is 0 Å². The van der Waals surface area contributed by atoms with Crippen molar-refractivity contribution in [3.05, 3.63) is 11.9 Å². The molecule has 1 heterocycles. The van der Waals surface area contributed by atoms with Crippen molar-refractivity contribution in [1.29, 1.82) is 0 Å². The first kappa shape index (κ1) is 13.1. The van der Waals surface area contributed by atoms with Crippen LogP contribution in [0.15, 0.2) is 6.20 Å². The Labute approximate surface area is 95.9 Å². The Morgan fingerprint density at radius 3 is 3.06 bits per heavy atom. The van der Waals surface area contributed by atoms with E-state index in [-0.39, 0.29) is 0 Å². The van der Waals surface area contributed by atoms with Crippen molar-refractivity contribution in [2.45, 2.75) is 20.0 Å². The second-order valence-electron chi connectivity index (χ2n) is 3.34. The van der Waals surface area contributed by atoms with E-state index < -0.39 is 0 Å². The van der Waals surface area contributed by atoms with Crippen LogP contribution in [0.25, 0.3) is 0 Å². The van der Waals surface area contributed by atoms with E-state index in [9.17, 15) is 0 Å². The highest BCUT2D eigenvalue weighted by atomic mass is 16.5. The lowest BCUT2D eigenvalue weighted by Gasteiger charge is -2.00. The van der Waals surface area contributed by atoms with Crippen molar-refractivity contribution in [2.75, 3.05) is 33.5 Å². The topological polar surface area (TPSA) is 61.2 Å². The van der Waals surface area contributed by atoms with Gasteiger partial charge in [-0.15, -0.1) is 5.10 Å². The van der Waals surface area contributed by atoms with Gasteiger partial charge in [0.1, 0.15) is 0 Å². The van der Waals surface area contributed by atoms with E-state index in [0.29, 0.717) is 13.2 Å². The van der Waals surface area contributed by atoms with Crippen LogP contribution >= 0.6 is 0 Å². The third-order valence-electron chi connectivity index (χ3n) is 2.04. The maximum Gasteiger partial charge on any atom is 0.0964 e. The van der Waals surface area contributed by atoms with E-state index in [1.54, 1.807) is 11.8 Å². The molecular weight excluding hydrogens is 208 g/mol. The second-order valence-corrected chi connectivity index (χ2v) is 3.34. The molecule has 1 N–H and O–H groups in total. The Morgan fingerprint density at radius 1 is 1.44 bits per heavy atom. The Kier molecular flexibility index (Phi) is 6.71. The van der Waals surface area contributed by atoms with E-state index in [0.717, 1.165) is 31.9 Å². The summed E-state index contributed by atoms with van der Waals surface area (Å²) in [5.74, 6) is 0. The van der Waals surface area contributed by atoms with Gasteiger partial charge in [0.25, 0.3) is 0 Å². The molecule has 1 aromatic heterocycles. The van der Waals surface area contributed by atoms with Crippen LogP contribution in [0, 0.1) is 0 Å². The third-order valence-corrected chi connectivity index (χ3v) is 2.04. The molecule has 0 bridgehead atoms. The fourth-order valence-electron chi connectivity index (χ4n) is 1.22. The van der Waals surface area contributed by atoms with Crippen molar-refractivity contribution < 1.29 is 9.47 Å². The van der Waals surface area contributed by atoms with E-state index in [1.165, 1.54) is 0 Å². The van der Waals surface area contributed by atoms with Crippen LogP contribution in [0.3, 0.4) is 0 Å². The molecule has 0 radical (unpaired) electrons. The lowest BCUT2D eigenvalue weighted by atomic mass is 10.4. The quantitative estimate of drug-likeness (QED) is 0.605. The number of nitrogens with zero attached hydrogens (tertiary/aromatic N) is 3. The van der Waals surface area contributed by atoms with Gasteiger partial charge in [0.05, 0.1) is 25.5 Å². The van der Waals surface area contributed by atoms with Crippen LogP contribution in [0.2, 0.25) is 0 Å². The predicted octanol–water partition coefficient (Wildman–Crippen LogP) is 0.0506. The molecule has 0 unspecified atom stereocenters. The summed E-state index contributed by atoms with van der Waals surface area (Å²) in [6, 6.07) is 0. The maximum atomic E-state index is 5.24. The van der Waals surface area contributed by atoms with Crippen LogP contribution in [0.5, 0.6) is 0 Å². The lowest BCUT2D eigenvalue weighted by Crippen LogP contribution is -2.18. The first-order valence-corrected chi connectivity index (χ1v) is 5.53. The molecule has 16 heavy (non-hydrogen) atoms. The molecule has 0 atom stereocenters. The first-order valence-electron chi connectivity index (χ1n) is 5.53. The summed E-state index contributed by atoms with van der Waals surface area (Å²) in [6.07, 6.45) is 1.93. The highest BCUT2D eigenvalue weighted by Crippen LogP contribution is 1.92. The lowest BCUT2D eigenvalue weighted by molar-refractivity contribution is 0.136. The highest BCUT2D eigenvalue weighted by molar-refractivity contribution is 4.91. The number of methoxy groups -OCH3 is 1. The number of hydrogen-bond donors (Lipinski definition) is 1. The summed E-state index contributed by atoms with van der Waals surface area (Å²) in [7, 11) is 1.69. The monoisotopic (exact) mass is 228 g/mol. The van der Waals surface area contributed by atoms with Gasteiger partial charge in [0.15, 0.2) is 0 Å². The Balaban J connectivity index is 2.17. The van der Waals surface area contributed by atoms with Gasteiger partial charge in [-0.1, -0.05) is 5.21 Å². The number of hydrogen-bond acceptors (Lipinski definition) is 5. The number of aromatic nitrogens is 3. The zero-order valence-electron chi connectivity index (χ0n) is 9.98. The van der Waals surface area contributed by atoms with Crippen molar-refractivity contribution in [2.24, 2.45) is 0 Å². The molecule has 0 aliphatic heterocycles. The summed E-state index contributed by atoms with van der Waals surface area (Å²) in [5.41, 5.74) is 0.938. The van der Waals surface area contributed by atoms with Gasteiger partial charge in [0.2, 0.25) is 0 Å². The Hall–Kier alpha value is -0.980. The third kappa shape index (κ3) is 5.20. The van der Waals surface area contributed by atoms with Crippen molar-refractivity contribution in [1.82, 2.24) is 20.3 Å². The minimum absolute atomic E-state index is 0.677. The number of nitrogens with one attached hydrogen (secondary N) is 1. The second kappa shape index (κ2) is 8.20. The van der Waals surface area contributed by atoms with Crippen LogP contribution in [-0.2, 0) is 22.6 Å². The Bertz CT molecular complexity index is 278. The maximum absolute atomic E-state index is 5.24. The molecular formula is C10H20N4O2. The average Bonchev–Trinajstić information content (AvgIpc) is 2.73. The molecule has 0 amide bonds. The average molecular weight is 228 g/mol. The highest BCUT2D eigenvalue weighted by Gasteiger charge is 1.99. The fourth-order valence-corrected chi connectivity index (χ4v) is 1.22. The van der Waals surface area contributed by atoms with E-state index >= 15 is 0 Å². The Morgan fingerprint density at radius 2 is 2.31 bits per heavy atom. The van der Waals surface area contributed by atoms with Gasteiger partial charge in [0, 0.05) is 33.0 Å². The van der Waals surface area contributed by atoms with Crippen LogP contribution in [-0.4, -0.2) is 48.5 Å². The zero-order chi connectivity index (χ0) is 11.6. The molecule has 0 saturated heterocycles. The van der Waals surface area contributed by atoms with Gasteiger partial charge < -0.3 is 14.8 Å². The van der Waals surface area contributed by atoms with Gasteiger partial charge in [-0.3, -0.25) is 0 Å². The first-order chi connectivity index (χ1) is 7.86. The van der Waals surface area contributed by atoms with Crippen LogP contribution in [0.1, 0.15) is 12.6 Å². The summed E-state index contributed by atoms with van der Waals surface area (Å²) in [5, 5.41) is 11.3. The zero-order valence-corrected chi connectivity index (χ0v) is 9.98. The normalized spacial score (nSPS) is 10.9.